The van der Waals surface area contributed by atoms with Gasteiger partial charge < -0.3 is 15.3 Å². The number of rotatable bonds is 3. The predicted molar refractivity (Wildman–Crippen MR) is 70.8 cm³/mol. The Balaban J connectivity index is 1.99. The van der Waals surface area contributed by atoms with E-state index < -0.39 is 5.97 Å². The molecule has 2 heterocycles. The van der Waals surface area contributed by atoms with Crippen molar-refractivity contribution in [1.82, 2.24) is 15.1 Å². The van der Waals surface area contributed by atoms with Crippen LogP contribution in [0.5, 0.6) is 0 Å². The molecular weight excluding hydrogens is 230 g/mol. The molecule has 18 heavy (non-hydrogen) atoms. The van der Waals surface area contributed by atoms with Crippen LogP contribution in [-0.2, 0) is 4.79 Å². The lowest BCUT2D eigenvalue weighted by Gasteiger charge is -2.45. The monoisotopic (exact) mass is 255 g/mol. The van der Waals surface area contributed by atoms with Crippen molar-refractivity contribution in [3.63, 3.8) is 0 Å². The lowest BCUT2D eigenvalue weighted by molar-refractivity contribution is -0.137. The Kier molecular flexibility index (Phi) is 4.59. The maximum absolute atomic E-state index is 10.7. The Morgan fingerprint density at radius 1 is 1.33 bits per heavy atom. The summed E-state index contributed by atoms with van der Waals surface area (Å²) in [6, 6.07) is 0. The van der Waals surface area contributed by atoms with Gasteiger partial charge in [0.25, 0.3) is 0 Å². The van der Waals surface area contributed by atoms with Gasteiger partial charge in [0, 0.05) is 18.6 Å². The lowest BCUT2D eigenvalue weighted by atomic mass is 9.86. The maximum atomic E-state index is 10.7. The number of nitrogens with zero attached hydrogens (tertiary/aromatic N) is 2. The van der Waals surface area contributed by atoms with Crippen LogP contribution in [0.1, 0.15) is 25.7 Å². The first-order chi connectivity index (χ1) is 8.62. The van der Waals surface area contributed by atoms with E-state index in [4.69, 9.17) is 5.11 Å². The van der Waals surface area contributed by atoms with Gasteiger partial charge in [-0.1, -0.05) is 0 Å². The number of hydrogen-bond acceptors (Lipinski definition) is 4. The van der Waals surface area contributed by atoms with Crippen molar-refractivity contribution >= 4 is 5.97 Å². The van der Waals surface area contributed by atoms with E-state index in [9.17, 15) is 4.79 Å². The zero-order chi connectivity index (χ0) is 13.0. The minimum Gasteiger partial charge on any atom is -0.481 e. The Labute approximate surface area is 109 Å². The van der Waals surface area contributed by atoms with Crippen LogP contribution in [0.2, 0.25) is 0 Å². The molecule has 0 aromatic heterocycles. The number of aliphatic carboxylic acids is 1. The molecule has 104 valence electrons. The molecule has 2 fully saturated rings. The Morgan fingerprint density at radius 3 is 2.72 bits per heavy atom. The first kappa shape index (κ1) is 13.8. The number of carboxylic acids is 1. The van der Waals surface area contributed by atoms with Crippen molar-refractivity contribution in [3.05, 3.63) is 0 Å². The highest BCUT2D eigenvalue weighted by Gasteiger charge is 2.38. The molecule has 1 spiro atoms. The quantitative estimate of drug-likeness (QED) is 0.755. The smallest absolute Gasteiger partial charge is 0.304 e. The molecule has 0 aromatic rings. The molecule has 0 saturated carbocycles. The summed E-state index contributed by atoms with van der Waals surface area (Å²) in [7, 11) is 2.23. The molecule has 2 N–H and O–H groups in total. The van der Waals surface area contributed by atoms with Gasteiger partial charge in [0.05, 0.1) is 6.42 Å². The first-order valence-electron chi connectivity index (χ1n) is 6.98. The molecule has 2 aliphatic rings. The number of nitrogens with one attached hydrogen (secondary N) is 1. The average molecular weight is 255 g/mol. The second-order valence-corrected chi connectivity index (χ2v) is 5.67. The van der Waals surface area contributed by atoms with E-state index in [2.05, 4.69) is 22.2 Å². The summed E-state index contributed by atoms with van der Waals surface area (Å²) in [5.41, 5.74) is 0.264. The molecule has 0 radical (unpaired) electrons. The summed E-state index contributed by atoms with van der Waals surface area (Å²) in [5.74, 6) is -0.688. The van der Waals surface area contributed by atoms with Crippen LogP contribution in [0.25, 0.3) is 0 Å². The van der Waals surface area contributed by atoms with Crippen molar-refractivity contribution in [2.75, 3.05) is 46.3 Å². The van der Waals surface area contributed by atoms with Gasteiger partial charge in [-0.05, 0) is 52.5 Å². The van der Waals surface area contributed by atoms with Crippen molar-refractivity contribution < 1.29 is 9.90 Å². The van der Waals surface area contributed by atoms with Gasteiger partial charge in [-0.15, -0.1) is 0 Å². The van der Waals surface area contributed by atoms with E-state index in [0.717, 1.165) is 39.1 Å². The van der Waals surface area contributed by atoms with Crippen molar-refractivity contribution in [2.45, 2.75) is 31.2 Å². The van der Waals surface area contributed by atoms with Gasteiger partial charge in [-0.2, -0.15) is 0 Å². The molecule has 2 rings (SSSR count). The number of likely N-dealkylation sites (N-methyl/N-ethyl adjacent to an activating group) is 1. The van der Waals surface area contributed by atoms with Gasteiger partial charge in [0.15, 0.2) is 0 Å². The van der Waals surface area contributed by atoms with Crippen molar-refractivity contribution in [3.8, 4) is 0 Å². The molecule has 2 aliphatic heterocycles. The molecule has 2 saturated heterocycles. The summed E-state index contributed by atoms with van der Waals surface area (Å²) in [5, 5.41) is 12.2. The van der Waals surface area contributed by atoms with Crippen LogP contribution in [0, 0.1) is 0 Å². The van der Waals surface area contributed by atoms with Gasteiger partial charge in [-0.3, -0.25) is 9.69 Å². The zero-order valence-corrected chi connectivity index (χ0v) is 11.3. The fourth-order valence-corrected chi connectivity index (χ4v) is 3.26. The fraction of sp³-hybridized carbons (Fsp3) is 0.923. The molecule has 5 nitrogen and oxygen atoms in total. The lowest BCUT2D eigenvalue weighted by Crippen LogP contribution is -2.57. The van der Waals surface area contributed by atoms with Gasteiger partial charge in [0.1, 0.15) is 0 Å². The van der Waals surface area contributed by atoms with Crippen molar-refractivity contribution in [1.29, 1.82) is 0 Å². The third-order valence-corrected chi connectivity index (χ3v) is 4.47. The second-order valence-electron chi connectivity index (χ2n) is 5.67. The fourth-order valence-electron chi connectivity index (χ4n) is 3.26. The van der Waals surface area contributed by atoms with E-state index in [-0.39, 0.29) is 12.0 Å². The van der Waals surface area contributed by atoms with E-state index >= 15 is 0 Å². The van der Waals surface area contributed by atoms with E-state index in [0.29, 0.717) is 6.54 Å². The first-order valence-corrected chi connectivity index (χ1v) is 6.98. The predicted octanol–water partition coefficient (Wildman–Crippen LogP) is 0.221. The van der Waals surface area contributed by atoms with Gasteiger partial charge in [-0.25, -0.2) is 0 Å². The Hall–Kier alpha value is -0.650. The van der Waals surface area contributed by atoms with Gasteiger partial charge in [0.2, 0.25) is 0 Å². The van der Waals surface area contributed by atoms with Crippen LogP contribution in [0.4, 0.5) is 0 Å². The summed E-state index contributed by atoms with van der Waals surface area (Å²) in [6.07, 6.45) is 3.75. The molecule has 0 amide bonds. The molecule has 0 bridgehead atoms. The minimum absolute atomic E-state index is 0.262. The average Bonchev–Trinajstić information content (AvgIpc) is 2.49. The molecule has 0 aliphatic carbocycles. The molecule has 0 unspecified atom stereocenters. The highest BCUT2D eigenvalue weighted by molar-refractivity contribution is 5.66. The van der Waals surface area contributed by atoms with E-state index in [1.807, 2.05) is 0 Å². The van der Waals surface area contributed by atoms with E-state index in [1.54, 1.807) is 0 Å². The molecular formula is C13H25N3O2. The molecule has 0 aromatic carbocycles. The number of hydrogen-bond donors (Lipinski definition) is 2. The van der Waals surface area contributed by atoms with Crippen molar-refractivity contribution in [2.24, 2.45) is 0 Å². The normalized spacial score (nSPS) is 26.1. The SMILES string of the molecule is CN1CCCN(CCC(=O)O)CC12CCNCC2. The Bertz CT molecular complexity index is 290. The van der Waals surface area contributed by atoms with Crippen LogP contribution in [0.3, 0.4) is 0 Å². The van der Waals surface area contributed by atoms with Crippen LogP contribution < -0.4 is 5.32 Å². The van der Waals surface area contributed by atoms with Crippen LogP contribution in [0.15, 0.2) is 0 Å². The number of carbonyl (C=O) groups is 1. The van der Waals surface area contributed by atoms with Crippen LogP contribution >= 0.6 is 0 Å². The third-order valence-electron chi connectivity index (χ3n) is 4.47. The third kappa shape index (κ3) is 3.22. The molecule has 5 heteroatoms. The van der Waals surface area contributed by atoms with Gasteiger partial charge >= 0.3 is 5.97 Å². The largest absolute Gasteiger partial charge is 0.481 e. The Morgan fingerprint density at radius 2 is 2.06 bits per heavy atom. The summed E-state index contributed by atoms with van der Waals surface area (Å²) in [4.78, 5) is 15.6. The maximum Gasteiger partial charge on any atom is 0.304 e. The summed E-state index contributed by atoms with van der Waals surface area (Å²) in [6.45, 7) is 6.04. The summed E-state index contributed by atoms with van der Waals surface area (Å²) >= 11 is 0. The number of piperidine rings is 1. The highest BCUT2D eigenvalue weighted by Crippen LogP contribution is 2.28. The minimum atomic E-state index is -0.688. The number of carboxylic acid groups (broad SMARTS) is 1. The standard InChI is InChI=1S/C13H25N3O2/c1-15-8-2-9-16(10-3-12(17)18)11-13(15)4-6-14-7-5-13/h14H,2-11H2,1H3,(H,17,18). The molecule has 0 atom stereocenters. The van der Waals surface area contributed by atoms with E-state index in [1.165, 1.54) is 12.8 Å². The van der Waals surface area contributed by atoms with Crippen LogP contribution in [-0.4, -0.2) is 72.7 Å². The highest BCUT2D eigenvalue weighted by atomic mass is 16.4. The summed E-state index contributed by atoms with van der Waals surface area (Å²) < 4.78 is 0. The zero-order valence-electron chi connectivity index (χ0n) is 11.3. The second kappa shape index (κ2) is 5.99. The topological polar surface area (TPSA) is 55.8 Å².